The summed E-state index contributed by atoms with van der Waals surface area (Å²) in [5.41, 5.74) is -0.584. The first-order valence-corrected chi connectivity index (χ1v) is 5.80. The minimum Gasteiger partial charge on any atom is -0.465 e. The number of ether oxygens (including phenoxy) is 1. The number of hydrogen-bond donors (Lipinski definition) is 1. The maximum absolute atomic E-state index is 13.6. The summed E-state index contributed by atoms with van der Waals surface area (Å²) in [6.45, 7) is 0. The molecule has 0 saturated carbocycles. The second-order valence-electron chi connectivity index (χ2n) is 2.80. The molecule has 0 bridgehead atoms. The molecule has 0 atom stereocenters. The Morgan fingerprint density at radius 3 is 2.50 bits per heavy atom. The molecule has 0 aromatic heterocycles. The van der Waals surface area contributed by atoms with Crippen LogP contribution in [0.5, 0.6) is 0 Å². The molecule has 0 saturated heterocycles. The lowest BCUT2D eigenvalue weighted by atomic mass is 10.2. The Morgan fingerprint density at radius 2 is 2.06 bits per heavy atom. The van der Waals surface area contributed by atoms with Gasteiger partial charge in [0.25, 0.3) is 0 Å². The van der Waals surface area contributed by atoms with Gasteiger partial charge in [0.05, 0.1) is 12.7 Å². The van der Waals surface area contributed by atoms with Crippen molar-refractivity contribution in [3.05, 3.63) is 28.5 Å². The number of sulfonamides is 1. The van der Waals surface area contributed by atoms with E-state index in [1.807, 2.05) is 0 Å². The number of benzene rings is 1. The van der Waals surface area contributed by atoms with Crippen LogP contribution < -0.4 is 5.14 Å². The van der Waals surface area contributed by atoms with Crippen molar-refractivity contribution in [2.75, 3.05) is 7.11 Å². The van der Waals surface area contributed by atoms with Gasteiger partial charge < -0.3 is 4.74 Å². The van der Waals surface area contributed by atoms with Gasteiger partial charge in [-0.15, -0.1) is 0 Å². The van der Waals surface area contributed by atoms with Gasteiger partial charge in [0.15, 0.2) is 5.82 Å². The highest BCUT2D eigenvalue weighted by molar-refractivity contribution is 7.89. The fraction of sp³-hybridized carbons (Fsp3) is 0.125. The summed E-state index contributed by atoms with van der Waals surface area (Å²) in [5, 5.41) is 4.62. The van der Waals surface area contributed by atoms with E-state index in [2.05, 4.69) is 4.74 Å². The van der Waals surface area contributed by atoms with E-state index in [1.54, 1.807) is 0 Å². The van der Waals surface area contributed by atoms with Crippen LogP contribution in [0.1, 0.15) is 10.4 Å². The Bertz CT molecular complexity index is 543. The summed E-state index contributed by atoms with van der Waals surface area (Å²) < 4.78 is 39.8. The van der Waals surface area contributed by atoms with Crippen molar-refractivity contribution < 1.29 is 22.3 Å². The predicted octanol–water partition coefficient (Wildman–Crippen LogP) is 0.913. The van der Waals surface area contributed by atoms with Gasteiger partial charge in [0.1, 0.15) is 4.90 Å². The molecular formula is C8H7ClFNO4S. The molecule has 16 heavy (non-hydrogen) atoms. The third-order valence-electron chi connectivity index (χ3n) is 1.72. The Labute approximate surface area is 96.0 Å². The SMILES string of the molecule is COC(=O)c1cc(Cl)cc(S(N)(=O)=O)c1F. The molecular weight excluding hydrogens is 261 g/mol. The molecule has 0 amide bonds. The van der Waals surface area contributed by atoms with Crippen LogP contribution in [0.3, 0.4) is 0 Å². The van der Waals surface area contributed by atoms with E-state index in [9.17, 15) is 17.6 Å². The maximum atomic E-state index is 13.6. The molecule has 88 valence electrons. The van der Waals surface area contributed by atoms with Crippen LogP contribution in [-0.4, -0.2) is 21.5 Å². The zero-order chi connectivity index (χ0) is 12.5. The number of carbonyl (C=O) groups excluding carboxylic acids is 1. The number of esters is 1. The lowest BCUT2D eigenvalue weighted by Crippen LogP contribution is -2.16. The maximum Gasteiger partial charge on any atom is 0.340 e. The van der Waals surface area contributed by atoms with Gasteiger partial charge in [0, 0.05) is 5.02 Å². The van der Waals surface area contributed by atoms with Crippen LogP contribution in [-0.2, 0) is 14.8 Å². The molecule has 0 fully saturated rings. The number of methoxy groups -OCH3 is 1. The molecule has 0 aliphatic carbocycles. The predicted molar refractivity (Wildman–Crippen MR) is 54.1 cm³/mol. The quantitative estimate of drug-likeness (QED) is 0.807. The first-order chi connectivity index (χ1) is 7.27. The summed E-state index contributed by atoms with van der Waals surface area (Å²) in [6.07, 6.45) is 0. The van der Waals surface area contributed by atoms with Crippen molar-refractivity contribution in [2.24, 2.45) is 5.14 Å². The summed E-state index contributed by atoms with van der Waals surface area (Å²) in [4.78, 5) is 10.3. The Hall–Kier alpha value is -1.18. The minimum absolute atomic E-state index is 0.133. The normalized spacial score (nSPS) is 11.2. The third-order valence-corrected chi connectivity index (χ3v) is 2.84. The Morgan fingerprint density at radius 1 is 1.50 bits per heavy atom. The first-order valence-electron chi connectivity index (χ1n) is 3.87. The summed E-state index contributed by atoms with van der Waals surface area (Å²) in [6, 6.07) is 1.77. The largest absolute Gasteiger partial charge is 0.465 e. The van der Waals surface area contributed by atoms with Crippen molar-refractivity contribution in [1.29, 1.82) is 0 Å². The van der Waals surface area contributed by atoms with Gasteiger partial charge >= 0.3 is 5.97 Å². The average Bonchev–Trinajstić information content (AvgIpc) is 2.18. The lowest BCUT2D eigenvalue weighted by molar-refractivity contribution is 0.0595. The van der Waals surface area contributed by atoms with Gasteiger partial charge in [-0.25, -0.2) is 22.7 Å². The second-order valence-corrected chi connectivity index (χ2v) is 4.77. The van der Waals surface area contributed by atoms with E-state index in [0.717, 1.165) is 19.2 Å². The monoisotopic (exact) mass is 267 g/mol. The first kappa shape index (κ1) is 12.9. The fourth-order valence-corrected chi connectivity index (χ4v) is 1.96. The fourth-order valence-electron chi connectivity index (χ4n) is 1.03. The van der Waals surface area contributed by atoms with Crippen molar-refractivity contribution in [3.63, 3.8) is 0 Å². The number of rotatable bonds is 2. The van der Waals surface area contributed by atoms with Gasteiger partial charge in [0.2, 0.25) is 10.0 Å². The molecule has 1 rings (SSSR count). The van der Waals surface area contributed by atoms with Crippen molar-refractivity contribution in [1.82, 2.24) is 0 Å². The summed E-state index contributed by atoms with van der Waals surface area (Å²) in [7, 11) is -3.26. The zero-order valence-electron chi connectivity index (χ0n) is 8.03. The van der Waals surface area contributed by atoms with Gasteiger partial charge in [-0.05, 0) is 12.1 Å². The molecule has 0 heterocycles. The van der Waals surface area contributed by atoms with Crippen LogP contribution >= 0.6 is 11.6 Å². The van der Waals surface area contributed by atoms with Gasteiger partial charge in [-0.1, -0.05) is 11.6 Å². The van der Waals surface area contributed by atoms with E-state index < -0.39 is 32.3 Å². The van der Waals surface area contributed by atoms with Gasteiger partial charge in [-0.2, -0.15) is 0 Å². The van der Waals surface area contributed by atoms with E-state index in [4.69, 9.17) is 16.7 Å². The molecule has 1 aromatic rings. The molecule has 0 unspecified atom stereocenters. The number of primary sulfonamides is 1. The van der Waals surface area contributed by atoms with Crippen LogP contribution in [0.15, 0.2) is 17.0 Å². The summed E-state index contributed by atoms with van der Waals surface area (Å²) >= 11 is 5.53. The number of hydrogen-bond acceptors (Lipinski definition) is 4. The standard InChI is InChI=1S/C8H7ClFNO4S/c1-15-8(12)5-2-4(9)3-6(7(5)10)16(11,13)14/h2-3H,1H3,(H2,11,13,14). The lowest BCUT2D eigenvalue weighted by Gasteiger charge is -2.06. The molecule has 2 N–H and O–H groups in total. The van der Waals surface area contributed by atoms with E-state index in [-0.39, 0.29) is 5.02 Å². The highest BCUT2D eigenvalue weighted by Crippen LogP contribution is 2.23. The zero-order valence-corrected chi connectivity index (χ0v) is 9.60. The van der Waals surface area contributed by atoms with E-state index in [1.165, 1.54) is 0 Å². The topological polar surface area (TPSA) is 86.5 Å². The number of halogens is 2. The minimum atomic E-state index is -4.29. The van der Waals surface area contributed by atoms with Crippen LogP contribution in [0.25, 0.3) is 0 Å². The number of carbonyl (C=O) groups is 1. The van der Waals surface area contributed by atoms with Crippen molar-refractivity contribution >= 4 is 27.6 Å². The molecule has 5 nitrogen and oxygen atoms in total. The van der Waals surface area contributed by atoms with E-state index >= 15 is 0 Å². The second kappa shape index (κ2) is 4.36. The highest BCUT2D eigenvalue weighted by Gasteiger charge is 2.23. The van der Waals surface area contributed by atoms with Crippen molar-refractivity contribution in [2.45, 2.75) is 4.90 Å². The highest BCUT2D eigenvalue weighted by atomic mass is 35.5. The van der Waals surface area contributed by atoms with Gasteiger partial charge in [-0.3, -0.25) is 0 Å². The molecule has 8 heteroatoms. The molecule has 0 radical (unpaired) electrons. The van der Waals surface area contributed by atoms with Crippen LogP contribution in [0, 0.1) is 5.82 Å². The number of nitrogens with two attached hydrogens (primary N) is 1. The third kappa shape index (κ3) is 2.49. The molecule has 0 aliphatic rings. The molecule has 0 aliphatic heterocycles. The Kier molecular flexibility index (Phi) is 3.51. The van der Waals surface area contributed by atoms with E-state index in [0.29, 0.717) is 0 Å². The van der Waals surface area contributed by atoms with Crippen LogP contribution in [0.2, 0.25) is 5.02 Å². The van der Waals surface area contributed by atoms with Crippen LogP contribution in [0.4, 0.5) is 4.39 Å². The van der Waals surface area contributed by atoms with Crippen molar-refractivity contribution in [3.8, 4) is 0 Å². The molecule has 1 aromatic carbocycles. The Balaban J connectivity index is 3.56. The summed E-state index contributed by atoms with van der Waals surface area (Å²) in [5.74, 6) is -2.32. The smallest absolute Gasteiger partial charge is 0.340 e. The molecule has 0 spiro atoms. The average molecular weight is 268 g/mol.